The maximum absolute atomic E-state index is 5.32. The molecule has 1 aliphatic carbocycles. The zero-order valence-corrected chi connectivity index (χ0v) is 9.69. The number of alkyl halides is 1. The highest BCUT2D eigenvalue weighted by atomic mass is 79.9. The van der Waals surface area contributed by atoms with Gasteiger partial charge in [-0.15, -0.1) is 0 Å². The fourth-order valence-corrected chi connectivity index (χ4v) is 2.36. The average Bonchev–Trinajstić information content (AvgIpc) is 2.79. The highest BCUT2D eigenvalue weighted by molar-refractivity contribution is 9.09. The average molecular weight is 235 g/mol. The molecule has 0 aliphatic heterocycles. The molecule has 1 atom stereocenters. The highest BCUT2D eigenvalue weighted by Crippen LogP contribution is 2.54. The van der Waals surface area contributed by atoms with Gasteiger partial charge in [-0.3, -0.25) is 0 Å². The van der Waals surface area contributed by atoms with Gasteiger partial charge in [0.15, 0.2) is 0 Å². The van der Waals surface area contributed by atoms with E-state index in [1.807, 2.05) is 0 Å². The Kier molecular flexibility index (Phi) is 4.04. The van der Waals surface area contributed by atoms with Crippen LogP contribution >= 0.6 is 15.9 Å². The Balaban J connectivity index is 2.06. The molecule has 0 aromatic rings. The number of hydrogen-bond acceptors (Lipinski definition) is 1. The van der Waals surface area contributed by atoms with Crippen LogP contribution in [0.15, 0.2) is 0 Å². The molecule has 1 nitrogen and oxygen atoms in total. The highest BCUT2D eigenvalue weighted by Gasteiger charge is 2.45. The van der Waals surface area contributed by atoms with Gasteiger partial charge >= 0.3 is 0 Å². The predicted octanol–water partition coefficient (Wildman–Crippen LogP) is 3.37. The molecular formula is C10H19BrO. The fraction of sp³-hybridized carbons (Fsp3) is 1.00. The summed E-state index contributed by atoms with van der Waals surface area (Å²) in [6.07, 6.45) is 5.38. The minimum Gasteiger partial charge on any atom is -0.382 e. The molecule has 0 aromatic carbocycles. The van der Waals surface area contributed by atoms with Crippen LogP contribution in [-0.4, -0.2) is 18.0 Å². The summed E-state index contributed by atoms with van der Waals surface area (Å²) in [6, 6.07) is 0. The predicted molar refractivity (Wildman–Crippen MR) is 55.8 cm³/mol. The summed E-state index contributed by atoms with van der Waals surface area (Å²) in [5, 5.41) is 0. The van der Waals surface area contributed by atoms with Crippen molar-refractivity contribution >= 4 is 15.9 Å². The molecule has 0 N–H and O–H groups in total. The molecule has 12 heavy (non-hydrogen) atoms. The Hall–Kier alpha value is 0.440. The molecule has 0 saturated heterocycles. The summed E-state index contributed by atoms with van der Waals surface area (Å²) in [6.45, 7) is 6.13. The van der Waals surface area contributed by atoms with E-state index in [4.69, 9.17) is 4.74 Å². The number of hydrogen-bond donors (Lipinski definition) is 0. The van der Waals surface area contributed by atoms with Crippen molar-refractivity contribution in [3.63, 3.8) is 0 Å². The van der Waals surface area contributed by atoms with E-state index >= 15 is 0 Å². The van der Waals surface area contributed by atoms with E-state index in [0.717, 1.165) is 13.2 Å². The lowest BCUT2D eigenvalue weighted by molar-refractivity contribution is 0.138. The molecule has 72 valence electrons. The van der Waals surface area contributed by atoms with Gasteiger partial charge in [0, 0.05) is 18.0 Å². The molecule has 0 bridgehead atoms. The molecule has 1 saturated carbocycles. The van der Waals surface area contributed by atoms with Crippen molar-refractivity contribution in [3.8, 4) is 0 Å². The van der Waals surface area contributed by atoms with E-state index in [1.54, 1.807) is 0 Å². The van der Waals surface area contributed by atoms with Crippen LogP contribution in [0.5, 0.6) is 0 Å². The van der Waals surface area contributed by atoms with Gasteiger partial charge in [-0.05, 0) is 38.0 Å². The third kappa shape index (κ3) is 2.74. The molecule has 1 rings (SSSR count). The van der Waals surface area contributed by atoms with Crippen LogP contribution in [0, 0.1) is 5.41 Å². The lowest BCUT2D eigenvalue weighted by atomic mass is 9.97. The second kappa shape index (κ2) is 4.61. The first-order valence-corrected chi connectivity index (χ1v) is 5.85. The Morgan fingerprint density at radius 2 is 2.17 bits per heavy atom. The van der Waals surface area contributed by atoms with Crippen molar-refractivity contribution in [2.24, 2.45) is 5.41 Å². The second-order valence-electron chi connectivity index (χ2n) is 3.78. The van der Waals surface area contributed by atoms with E-state index in [0.29, 0.717) is 10.2 Å². The number of halogens is 1. The summed E-state index contributed by atoms with van der Waals surface area (Å²) in [5.41, 5.74) is 0.636. The molecule has 0 spiro atoms. The zero-order valence-electron chi connectivity index (χ0n) is 8.11. The van der Waals surface area contributed by atoms with Gasteiger partial charge in [-0.2, -0.15) is 0 Å². The van der Waals surface area contributed by atoms with Crippen molar-refractivity contribution in [3.05, 3.63) is 0 Å². The van der Waals surface area contributed by atoms with Crippen LogP contribution in [0.1, 0.15) is 39.5 Å². The molecule has 1 unspecified atom stereocenters. The lowest BCUT2D eigenvalue weighted by Gasteiger charge is -2.17. The van der Waals surface area contributed by atoms with Gasteiger partial charge in [0.2, 0.25) is 0 Å². The number of ether oxygens (including phenoxy) is 1. The summed E-state index contributed by atoms with van der Waals surface area (Å²) >= 11 is 3.69. The zero-order chi connectivity index (χ0) is 9.03. The molecule has 0 heterocycles. The van der Waals surface area contributed by atoms with Crippen LogP contribution in [-0.2, 0) is 4.74 Å². The quantitative estimate of drug-likeness (QED) is 0.506. The second-order valence-corrected chi connectivity index (χ2v) is 5.15. The first kappa shape index (κ1) is 10.5. The Morgan fingerprint density at radius 3 is 2.58 bits per heavy atom. The molecule has 0 aromatic heterocycles. The standard InChI is InChI=1S/C10H19BrO/c1-3-12-8-4-5-10(6-7-10)9(2)11/h9H,3-8H2,1-2H3. The van der Waals surface area contributed by atoms with Crippen LogP contribution in [0.3, 0.4) is 0 Å². The van der Waals surface area contributed by atoms with Crippen LogP contribution < -0.4 is 0 Å². The maximum atomic E-state index is 5.32. The first-order valence-electron chi connectivity index (χ1n) is 4.93. The Morgan fingerprint density at radius 1 is 1.50 bits per heavy atom. The smallest absolute Gasteiger partial charge is 0.0466 e. The van der Waals surface area contributed by atoms with Gasteiger partial charge in [0.05, 0.1) is 0 Å². The maximum Gasteiger partial charge on any atom is 0.0466 e. The van der Waals surface area contributed by atoms with Gasteiger partial charge in [0.25, 0.3) is 0 Å². The summed E-state index contributed by atoms with van der Waals surface area (Å²) < 4.78 is 5.32. The Labute approximate surface area is 84.0 Å². The van der Waals surface area contributed by atoms with Crippen LogP contribution in [0.4, 0.5) is 0 Å². The minimum atomic E-state index is 0.636. The third-order valence-electron chi connectivity index (χ3n) is 2.90. The molecule has 1 fully saturated rings. The van der Waals surface area contributed by atoms with Crippen molar-refractivity contribution < 1.29 is 4.74 Å². The van der Waals surface area contributed by atoms with Crippen molar-refractivity contribution in [1.82, 2.24) is 0 Å². The van der Waals surface area contributed by atoms with Crippen LogP contribution in [0.2, 0.25) is 0 Å². The monoisotopic (exact) mass is 234 g/mol. The van der Waals surface area contributed by atoms with E-state index in [9.17, 15) is 0 Å². The van der Waals surface area contributed by atoms with Gasteiger partial charge in [-0.1, -0.05) is 22.9 Å². The van der Waals surface area contributed by atoms with Gasteiger partial charge in [-0.25, -0.2) is 0 Å². The van der Waals surface area contributed by atoms with Crippen molar-refractivity contribution in [2.45, 2.75) is 44.4 Å². The van der Waals surface area contributed by atoms with E-state index < -0.39 is 0 Å². The van der Waals surface area contributed by atoms with E-state index in [1.165, 1.54) is 25.7 Å². The molecule has 2 heteroatoms. The molecular weight excluding hydrogens is 216 g/mol. The number of rotatable bonds is 6. The van der Waals surface area contributed by atoms with Crippen molar-refractivity contribution in [2.75, 3.05) is 13.2 Å². The van der Waals surface area contributed by atoms with Crippen LogP contribution in [0.25, 0.3) is 0 Å². The van der Waals surface area contributed by atoms with E-state index in [2.05, 4.69) is 29.8 Å². The topological polar surface area (TPSA) is 9.23 Å². The molecule has 1 aliphatic rings. The van der Waals surface area contributed by atoms with Crippen molar-refractivity contribution in [1.29, 1.82) is 0 Å². The summed E-state index contributed by atoms with van der Waals surface area (Å²) in [5.74, 6) is 0. The first-order chi connectivity index (χ1) is 5.71. The third-order valence-corrected chi connectivity index (χ3v) is 3.87. The van der Waals surface area contributed by atoms with Gasteiger partial charge in [0.1, 0.15) is 0 Å². The summed E-state index contributed by atoms with van der Waals surface area (Å²) in [4.78, 5) is 0.687. The van der Waals surface area contributed by atoms with E-state index in [-0.39, 0.29) is 0 Å². The SMILES string of the molecule is CCOCCCC1(C(C)Br)CC1. The minimum absolute atomic E-state index is 0.636. The summed E-state index contributed by atoms with van der Waals surface area (Å²) in [7, 11) is 0. The molecule has 0 radical (unpaired) electrons. The fourth-order valence-electron chi connectivity index (χ4n) is 1.68. The Bertz CT molecular complexity index is 130. The normalized spacial score (nSPS) is 22.2. The molecule has 0 amide bonds. The lowest BCUT2D eigenvalue weighted by Crippen LogP contribution is -2.12. The van der Waals surface area contributed by atoms with Gasteiger partial charge < -0.3 is 4.74 Å². The largest absolute Gasteiger partial charge is 0.382 e.